The summed E-state index contributed by atoms with van der Waals surface area (Å²) in [6.45, 7) is 34.3. The maximum Gasteiger partial charge on any atom is 0.410 e. The first kappa shape index (κ1) is 72.5. The molecular formula is C62H93F3O26S7. The number of hydrogen-bond donors (Lipinski definition) is 0. The molecule has 0 amide bonds. The highest BCUT2D eigenvalue weighted by Gasteiger charge is 2.87. The van der Waals surface area contributed by atoms with Crippen molar-refractivity contribution < 1.29 is 125 Å². The molecule has 17 heterocycles. The first-order valence-corrected chi connectivity index (χ1v) is 44.5. The quantitative estimate of drug-likeness (QED) is 0.264. The van der Waals surface area contributed by atoms with Crippen LogP contribution in [0.2, 0.25) is 0 Å². The maximum atomic E-state index is 13.1. The van der Waals surface area contributed by atoms with Gasteiger partial charge in [0.15, 0.2) is 4.75 Å². The van der Waals surface area contributed by atoms with Crippen molar-refractivity contribution in [3.05, 3.63) is 0 Å². The van der Waals surface area contributed by atoms with Crippen molar-refractivity contribution in [3.63, 3.8) is 0 Å². The summed E-state index contributed by atoms with van der Waals surface area (Å²) in [6, 6.07) is 0. The summed E-state index contributed by atoms with van der Waals surface area (Å²) in [6.07, 6.45) is -2.90. The summed E-state index contributed by atoms with van der Waals surface area (Å²) in [5.74, 6) is -0.0111. The van der Waals surface area contributed by atoms with Crippen molar-refractivity contribution in [1.82, 2.24) is 0 Å². The lowest BCUT2D eigenvalue weighted by atomic mass is 9.57. The van der Waals surface area contributed by atoms with Crippen molar-refractivity contribution in [3.8, 4) is 0 Å². The Morgan fingerprint density at radius 3 is 1.52 bits per heavy atom. The Balaban J connectivity index is 0.0000000936. The van der Waals surface area contributed by atoms with Gasteiger partial charge in [-0.3, -0.25) is 29.3 Å². The number of rotatable bonds is 0. The van der Waals surface area contributed by atoms with Crippen LogP contribution in [0.25, 0.3) is 0 Å². The van der Waals surface area contributed by atoms with E-state index in [0.29, 0.717) is 44.4 Å². The van der Waals surface area contributed by atoms with Crippen LogP contribution in [0.3, 0.4) is 0 Å². The zero-order chi connectivity index (χ0) is 72.2. The van der Waals surface area contributed by atoms with E-state index in [-0.39, 0.29) is 147 Å². The van der Waals surface area contributed by atoms with Crippen LogP contribution in [0, 0.1) is 69.0 Å². The molecule has 34 unspecified atom stereocenters. The Morgan fingerprint density at radius 2 is 1.01 bits per heavy atom. The minimum Gasteiger partial charge on any atom is -0.370 e. The van der Waals surface area contributed by atoms with Crippen molar-refractivity contribution >= 4 is 70.8 Å². The lowest BCUT2D eigenvalue weighted by Crippen LogP contribution is -2.54. The molecule has 0 spiro atoms. The van der Waals surface area contributed by atoms with Crippen molar-refractivity contribution in [2.75, 3.05) is 0 Å². The molecule has 17 saturated heterocycles. The molecule has 21 fully saturated rings. The zero-order valence-corrected chi connectivity index (χ0v) is 63.5. The van der Waals surface area contributed by atoms with Gasteiger partial charge in [0, 0.05) is 45.8 Å². The van der Waals surface area contributed by atoms with Gasteiger partial charge in [-0.2, -0.15) is 72.1 Å². The number of hydrogen-bond acceptors (Lipinski definition) is 26. The number of fused-ring (bicyclic) bond motifs is 7. The minimum absolute atomic E-state index is 0.0464. The van der Waals surface area contributed by atoms with E-state index in [1.54, 1.807) is 6.92 Å². The molecule has 34 atom stereocenters. The average Bonchev–Trinajstić information content (AvgIpc) is 1.45. The summed E-state index contributed by atoms with van der Waals surface area (Å²) in [5.41, 5.74) is -3.12. The summed E-state index contributed by atoms with van der Waals surface area (Å²) in [5, 5.41) is -2.34. The van der Waals surface area contributed by atoms with Gasteiger partial charge in [-0.25, -0.2) is 0 Å². The van der Waals surface area contributed by atoms with Crippen LogP contribution in [0.1, 0.15) is 169 Å². The van der Waals surface area contributed by atoms with Crippen LogP contribution < -0.4 is 0 Å². The van der Waals surface area contributed by atoms with Gasteiger partial charge in [0.1, 0.15) is 85.8 Å². The van der Waals surface area contributed by atoms with Crippen LogP contribution in [0.4, 0.5) is 13.2 Å². The Morgan fingerprint density at radius 1 is 0.418 bits per heavy atom. The second-order valence-electron chi connectivity index (χ2n) is 34.9. The molecule has 4 saturated carbocycles. The fraction of sp³-hybridized carbons (Fsp3) is 1.00. The van der Waals surface area contributed by atoms with Gasteiger partial charge in [0.25, 0.3) is 70.8 Å². The fourth-order valence-electron chi connectivity index (χ4n) is 23.3. The molecule has 0 aromatic rings. The average molecular weight is 1540 g/mol. The second kappa shape index (κ2) is 20.6. The van der Waals surface area contributed by atoms with Gasteiger partial charge in [0.05, 0.1) is 47.0 Å². The molecule has 36 heteroatoms. The first-order valence-electron chi connectivity index (χ1n) is 34.3. The summed E-state index contributed by atoms with van der Waals surface area (Å²) in [7, 11) is -24.6. The van der Waals surface area contributed by atoms with E-state index in [1.807, 2.05) is 76.2 Å². The van der Waals surface area contributed by atoms with E-state index in [4.69, 9.17) is 53.0 Å². The van der Waals surface area contributed by atoms with Gasteiger partial charge in [-0.15, -0.1) is 0 Å². The zero-order valence-electron chi connectivity index (χ0n) is 57.8. The van der Waals surface area contributed by atoms with Crippen LogP contribution in [0.15, 0.2) is 0 Å². The summed E-state index contributed by atoms with van der Waals surface area (Å²) < 4.78 is 264. The molecule has 14 bridgehead atoms. The lowest BCUT2D eigenvalue weighted by molar-refractivity contribution is -0.173. The van der Waals surface area contributed by atoms with E-state index < -0.39 is 137 Å². The largest absolute Gasteiger partial charge is 0.410 e. The molecule has 0 radical (unpaired) electrons. The normalized spacial score (nSPS) is 59.4. The van der Waals surface area contributed by atoms with Crippen molar-refractivity contribution in [2.24, 2.45) is 69.0 Å². The minimum atomic E-state index is -4.72. The maximum absolute atomic E-state index is 13.1. The van der Waals surface area contributed by atoms with Crippen LogP contribution >= 0.6 is 0 Å². The smallest absolute Gasteiger partial charge is 0.370 e. The van der Waals surface area contributed by atoms with E-state index in [9.17, 15) is 72.1 Å². The molecule has 21 aliphatic rings. The molecule has 0 N–H and O–H groups in total. The Kier molecular flexibility index (Phi) is 15.2. The fourth-order valence-corrected chi connectivity index (χ4v) is 37.3. The number of halogens is 3. The van der Waals surface area contributed by atoms with E-state index >= 15 is 0 Å². The SMILES string of the molecule is CC1(C)C2CC3C(O2)C1OS3(=O)=O.CC1C2(C)CC3C(O2)C1(C)OS3(=O)=O.CC1C2(C)CC3C1(C)C(C)(OS3(=O)=O)C2(C)C.CC1C2CC3C(C)(O2)C1OS3(=O)=O.CC1C2CC3C(O2)C1(C)OS3(=O)=O.CC1C2CC3C(O2)C1OS3(=O)=O.CC1C2CC3C1OS(=O)(=O)C3(C(F)(F)F)C2. The van der Waals surface area contributed by atoms with Crippen LogP contribution in [-0.4, -0.2) is 203 Å². The van der Waals surface area contributed by atoms with Crippen molar-refractivity contribution in [1.29, 1.82) is 0 Å². The van der Waals surface area contributed by atoms with Crippen LogP contribution in [0.5, 0.6) is 0 Å². The second-order valence-corrected chi connectivity index (χ2v) is 47.2. The highest BCUT2D eigenvalue weighted by Crippen LogP contribution is 2.82. The van der Waals surface area contributed by atoms with E-state index in [0.717, 1.165) is 6.42 Å². The topological polar surface area (TPSA) is 350 Å². The predicted octanol–water partition coefficient (Wildman–Crippen LogP) is 5.66. The first-order chi connectivity index (χ1) is 44.4. The molecular weight excluding hydrogens is 1440 g/mol. The van der Waals surface area contributed by atoms with E-state index in [1.165, 1.54) is 0 Å². The van der Waals surface area contributed by atoms with Gasteiger partial charge >= 0.3 is 6.18 Å². The summed E-state index contributed by atoms with van der Waals surface area (Å²) >= 11 is 0. The monoisotopic (exact) mass is 1530 g/mol. The molecule has 26 nitrogen and oxygen atoms in total. The van der Waals surface area contributed by atoms with Gasteiger partial charge in [0.2, 0.25) is 0 Å². The standard InChI is InChI=1S/C13H22O3S.C9H11F3O3S.C9H14O4S.3C8H12O4S.C7H10O4S/c1-8-11(4)7-9-12(8,5)13(6,10(11,2)3)16-17(9,14)15;1-4-5-2-6-7(4)15-16(13,14)8(6,3-5)9(10,11)12;1-5-8(2)4-6-7(12-8)9(5,3)13-14(6,10)11;1-8(2)5-3-4-6(11-5)7(8)12-13(4,9)10;1-4-5-3-6-7(11-5)8(4,2)12-13(6,9)10;1-4-5-3-6-8(2,11-5)7(4)12-13(6,9)10;1-3-4-2-5-7(10-4)6(3)11-12(5,8)9/h8-9H,7H2,1-6H3;4-7H,2-3H2,1H3;5-7H,4H2,1-3H3;3*4-7H,3H2,1-2H3;3-7H,2H2,1H3. The third-order valence-corrected chi connectivity index (χ3v) is 43.3. The molecule has 560 valence electrons. The molecule has 17 aliphatic heterocycles. The van der Waals surface area contributed by atoms with Gasteiger partial charge < -0.3 is 23.7 Å². The van der Waals surface area contributed by atoms with Crippen molar-refractivity contribution in [2.45, 2.75) is 313 Å². The molecule has 0 aromatic carbocycles. The number of alkyl halides is 3. The Hall–Kier alpha value is -1.04. The molecule has 0 aromatic heterocycles. The van der Waals surface area contributed by atoms with Gasteiger partial charge in [-0.05, 0) is 109 Å². The summed E-state index contributed by atoms with van der Waals surface area (Å²) in [4.78, 5) is 0. The lowest BCUT2D eigenvalue weighted by Gasteiger charge is -2.49. The Bertz CT molecular complexity index is 4260. The van der Waals surface area contributed by atoms with Crippen LogP contribution in [-0.2, 0) is 124 Å². The predicted molar refractivity (Wildman–Crippen MR) is 337 cm³/mol. The Labute approximate surface area is 574 Å². The van der Waals surface area contributed by atoms with Gasteiger partial charge in [-0.1, -0.05) is 83.1 Å². The molecule has 21 rings (SSSR count). The highest BCUT2D eigenvalue weighted by molar-refractivity contribution is 7.89. The molecule has 98 heavy (non-hydrogen) atoms. The third-order valence-electron chi connectivity index (χ3n) is 30.6. The molecule has 4 aliphatic carbocycles. The highest BCUT2D eigenvalue weighted by atomic mass is 32.2. The number of ether oxygens (including phenoxy) is 5. The van der Waals surface area contributed by atoms with E-state index in [2.05, 4.69) is 34.6 Å². The third kappa shape index (κ3) is 8.78.